The molecular weight excluding hydrogens is 154 g/mol. The summed E-state index contributed by atoms with van der Waals surface area (Å²) >= 11 is 1.94. The van der Waals surface area contributed by atoms with Crippen molar-refractivity contribution in [2.45, 2.75) is 38.1 Å². The zero-order valence-corrected chi connectivity index (χ0v) is 8.25. The van der Waals surface area contributed by atoms with E-state index in [1.54, 1.807) is 0 Å². The molecule has 11 heavy (non-hydrogen) atoms. The second kappa shape index (κ2) is 5.90. The number of rotatable bonds is 5. The van der Waals surface area contributed by atoms with Crippen molar-refractivity contribution in [3.05, 3.63) is 0 Å². The lowest BCUT2D eigenvalue weighted by Crippen LogP contribution is -2.27. The van der Waals surface area contributed by atoms with Gasteiger partial charge in [0.25, 0.3) is 0 Å². The van der Waals surface area contributed by atoms with Crippen molar-refractivity contribution in [3.8, 4) is 0 Å². The molecule has 1 N–H and O–H groups in total. The second-order valence-electron chi connectivity index (χ2n) is 3.28. The summed E-state index contributed by atoms with van der Waals surface area (Å²) in [5.41, 5.74) is 0. The van der Waals surface area contributed by atoms with E-state index in [4.69, 9.17) is 0 Å². The Hall–Kier alpha value is 0.310. The van der Waals surface area contributed by atoms with Gasteiger partial charge < -0.3 is 5.32 Å². The van der Waals surface area contributed by atoms with Crippen LogP contribution in [0.25, 0.3) is 0 Å². The van der Waals surface area contributed by atoms with E-state index in [2.05, 4.69) is 11.6 Å². The minimum Gasteiger partial charge on any atom is -0.314 e. The first-order valence-electron chi connectivity index (χ1n) is 4.66. The van der Waals surface area contributed by atoms with Gasteiger partial charge in [0.05, 0.1) is 0 Å². The predicted molar refractivity (Wildman–Crippen MR) is 53.3 cm³/mol. The molecule has 0 bridgehead atoms. The van der Waals surface area contributed by atoms with Crippen LogP contribution in [0.3, 0.4) is 0 Å². The minimum atomic E-state index is 0.858. The average molecular weight is 173 g/mol. The van der Waals surface area contributed by atoms with Gasteiger partial charge in [-0.25, -0.2) is 0 Å². The van der Waals surface area contributed by atoms with Crippen LogP contribution in [0.2, 0.25) is 0 Å². The standard InChI is InChI=1S/C9H19NS/c1-11-8-4-7-10-9-5-2-3-6-9/h9-10H,2-8H2,1H3. The molecule has 0 radical (unpaired) electrons. The van der Waals surface area contributed by atoms with Crippen LogP contribution >= 0.6 is 11.8 Å². The summed E-state index contributed by atoms with van der Waals surface area (Å²) in [6.45, 7) is 1.23. The Morgan fingerprint density at radius 3 is 2.73 bits per heavy atom. The topological polar surface area (TPSA) is 12.0 Å². The second-order valence-corrected chi connectivity index (χ2v) is 4.27. The molecule has 1 saturated carbocycles. The van der Waals surface area contributed by atoms with Crippen LogP contribution in [-0.4, -0.2) is 24.6 Å². The summed E-state index contributed by atoms with van der Waals surface area (Å²) in [6, 6.07) is 0.858. The van der Waals surface area contributed by atoms with Crippen LogP contribution in [0, 0.1) is 0 Å². The molecule has 0 aliphatic heterocycles. The van der Waals surface area contributed by atoms with E-state index in [9.17, 15) is 0 Å². The maximum Gasteiger partial charge on any atom is 0.00670 e. The molecule has 0 heterocycles. The van der Waals surface area contributed by atoms with Crippen molar-refractivity contribution in [2.75, 3.05) is 18.6 Å². The normalized spacial score (nSPS) is 19.4. The van der Waals surface area contributed by atoms with Crippen molar-refractivity contribution >= 4 is 11.8 Å². The highest BCUT2D eigenvalue weighted by atomic mass is 32.2. The van der Waals surface area contributed by atoms with E-state index in [1.165, 1.54) is 44.4 Å². The summed E-state index contributed by atoms with van der Waals surface area (Å²) in [5.74, 6) is 1.31. The highest BCUT2D eigenvalue weighted by Crippen LogP contribution is 2.17. The quantitative estimate of drug-likeness (QED) is 0.640. The van der Waals surface area contributed by atoms with Crippen LogP contribution in [0.5, 0.6) is 0 Å². The first kappa shape index (κ1) is 9.40. The molecule has 0 amide bonds. The molecular formula is C9H19NS. The highest BCUT2D eigenvalue weighted by molar-refractivity contribution is 7.98. The highest BCUT2D eigenvalue weighted by Gasteiger charge is 2.12. The lowest BCUT2D eigenvalue weighted by Gasteiger charge is -2.10. The summed E-state index contributed by atoms with van der Waals surface area (Å²) in [7, 11) is 0. The van der Waals surface area contributed by atoms with Crippen LogP contribution in [0.4, 0.5) is 0 Å². The summed E-state index contributed by atoms with van der Waals surface area (Å²) in [5, 5.41) is 3.60. The summed E-state index contributed by atoms with van der Waals surface area (Å²) in [6.07, 6.45) is 9.23. The largest absolute Gasteiger partial charge is 0.314 e. The van der Waals surface area contributed by atoms with E-state index in [-0.39, 0.29) is 0 Å². The number of thioether (sulfide) groups is 1. The lowest BCUT2D eigenvalue weighted by atomic mass is 10.2. The maximum atomic E-state index is 3.60. The third kappa shape index (κ3) is 4.02. The third-order valence-electron chi connectivity index (χ3n) is 2.31. The Balaban J connectivity index is 1.86. The Kier molecular flexibility index (Phi) is 5.04. The predicted octanol–water partition coefficient (Wildman–Crippen LogP) is 2.27. The summed E-state index contributed by atoms with van der Waals surface area (Å²) in [4.78, 5) is 0. The van der Waals surface area contributed by atoms with Gasteiger partial charge in [-0.2, -0.15) is 11.8 Å². The molecule has 2 heteroatoms. The van der Waals surface area contributed by atoms with Crippen molar-refractivity contribution in [1.29, 1.82) is 0 Å². The molecule has 1 fully saturated rings. The van der Waals surface area contributed by atoms with Gasteiger partial charge in [-0.05, 0) is 37.8 Å². The zero-order chi connectivity index (χ0) is 7.94. The molecule has 0 atom stereocenters. The van der Waals surface area contributed by atoms with E-state index < -0.39 is 0 Å². The molecule has 1 aliphatic carbocycles. The van der Waals surface area contributed by atoms with Gasteiger partial charge in [-0.1, -0.05) is 12.8 Å². The van der Waals surface area contributed by atoms with Gasteiger partial charge >= 0.3 is 0 Å². The smallest absolute Gasteiger partial charge is 0.00670 e. The van der Waals surface area contributed by atoms with E-state index in [1.807, 2.05) is 11.8 Å². The van der Waals surface area contributed by atoms with Crippen LogP contribution in [0.15, 0.2) is 0 Å². The Morgan fingerprint density at radius 2 is 2.09 bits per heavy atom. The summed E-state index contributed by atoms with van der Waals surface area (Å²) < 4.78 is 0. The van der Waals surface area contributed by atoms with Crippen LogP contribution in [0.1, 0.15) is 32.1 Å². The Labute approximate surface area is 74.3 Å². The number of nitrogens with one attached hydrogen (secondary N) is 1. The molecule has 1 nitrogen and oxygen atoms in total. The molecule has 0 saturated heterocycles. The van der Waals surface area contributed by atoms with Crippen molar-refractivity contribution < 1.29 is 0 Å². The number of hydrogen-bond acceptors (Lipinski definition) is 2. The van der Waals surface area contributed by atoms with Crippen LogP contribution < -0.4 is 5.32 Å². The van der Waals surface area contributed by atoms with Crippen molar-refractivity contribution in [3.63, 3.8) is 0 Å². The van der Waals surface area contributed by atoms with E-state index in [0.717, 1.165) is 6.04 Å². The maximum absolute atomic E-state index is 3.60. The monoisotopic (exact) mass is 173 g/mol. The van der Waals surface area contributed by atoms with Gasteiger partial charge in [0.2, 0.25) is 0 Å². The molecule has 0 aromatic heterocycles. The first-order chi connectivity index (χ1) is 5.43. The molecule has 0 aromatic rings. The fourth-order valence-corrected chi connectivity index (χ4v) is 2.09. The Bertz CT molecular complexity index is 89.6. The third-order valence-corrected chi connectivity index (χ3v) is 3.01. The number of hydrogen-bond donors (Lipinski definition) is 1. The fraction of sp³-hybridized carbons (Fsp3) is 1.00. The van der Waals surface area contributed by atoms with Crippen molar-refractivity contribution in [1.82, 2.24) is 5.32 Å². The minimum absolute atomic E-state index is 0.858. The SMILES string of the molecule is CSCCCNC1CCCC1. The van der Waals surface area contributed by atoms with Gasteiger partial charge in [0, 0.05) is 6.04 Å². The van der Waals surface area contributed by atoms with Gasteiger partial charge in [-0.3, -0.25) is 0 Å². The molecule has 1 aliphatic rings. The average Bonchev–Trinajstić information content (AvgIpc) is 2.50. The molecule has 0 unspecified atom stereocenters. The fourth-order valence-electron chi connectivity index (χ4n) is 1.65. The first-order valence-corrected chi connectivity index (χ1v) is 6.05. The van der Waals surface area contributed by atoms with Gasteiger partial charge in [-0.15, -0.1) is 0 Å². The van der Waals surface area contributed by atoms with Gasteiger partial charge in [0.15, 0.2) is 0 Å². The molecule has 0 spiro atoms. The lowest BCUT2D eigenvalue weighted by molar-refractivity contribution is 0.525. The van der Waals surface area contributed by atoms with E-state index in [0.29, 0.717) is 0 Å². The van der Waals surface area contributed by atoms with Crippen molar-refractivity contribution in [2.24, 2.45) is 0 Å². The molecule has 1 rings (SSSR count). The molecule has 66 valence electrons. The molecule has 0 aromatic carbocycles. The van der Waals surface area contributed by atoms with Gasteiger partial charge in [0.1, 0.15) is 0 Å². The van der Waals surface area contributed by atoms with Crippen LogP contribution in [-0.2, 0) is 0 Å². The Morgan fingerprint density at radius 1 is 1.36 bits per heavy atom. The van der Waals surface area contributed by atoms with E-state index >= 15 is 0 Å². The zero-order valence-electron chi connectivity index (χ0n) is 7.44.